The first-order valence-electron chi connectivity index (χ1n) is 10.2. The first-order valence-corrected chi connectivity index (χ1v) is 11.1. The Labute approximate surface area is 189 Å². The van der Waals surface area contributed by atoms with E-state index < -0.39 is 0 Å². The maximum atomic E-state index is 12.6. The number of amides is 1. The van der Waals surface area contributed by atoms with Gasteiger partial charge < -0.3 is 14.2 Å². The van der Waals surface area contributed by atoms with Crippen molar-refractivity contribution in [2.75, 3.05) is 18.5 Å². The molecule has 7 heteroatoms. The molecule has 4 aromatic rings. The minimum atomic E-state index is -0.220. The lowest BCUT2D eigenvalue weighted by Crippen LogP contribution is -2.15. The number of aromatic nitrogens is 1. The number of nitrogens with one attached hydrogen (secondary N) is 1. The molecule has 0 fully saturated rings. The predicted molar refractivity (Wildman–Crippen MR) is 124 cm³/mol. The number of fused-ring (bicyclic) bond motifs is 1. The van der Waals surface area contributed by atoms with E-state index >= 15 is 0 Å². The molecule has 0 saturated carbocycles. The molecule has 1 aromatic heterocycles. The molecule has 0 atom stereocenters. The van der Waals surface area contributed by atoms with Crippen LogP contribution in [0, 0.1) is 0 Å². The van der Waals surface area contributed by atoms with Crippen LogP contribution in [-0.4, -0.2) is 24.1 Å². The molecule has 6 nitrogen and oxygen atoms in total. The van der Waals surface area contributed by atoms with Gasteiger partial charge in [-0.15, -0.1) is 11.3 Å². The van der Waals surface area contributed by atoms with Gasteiger partial charge in [-0.05, 0) is 48.0 Å². The molecule has 0 spiro atoms. The van der Waals surface area contributed by atoms with Gasteiger partial charge in [0.25, 0.3) is 5.91 Å². The summed E-state index contributed by atoms with van der Waals surface area (Å²) < 4.78 is 17.0. The topological polar surface area (TPSA) is 69.7 Å². The van der Waals surface area contributed by atoms with Crippen molar-refractivity contribution in [3.05, 3.63) is 89.3 Å². The third-order valence-electron chi connectivity index (χ3n) is 4.93. The summed E-state index contributed by atoms with van der Waals surface area (Å²) in [6, 6.07) is 22.7. The van der Waals surface area contributed by atoms with Gasteiger partial charge in [0, 0.05) is 16.5 Å². The fourth-order valence-electron chi connectivity index (χ4n) is 3.28. The van der Waals surface area contributed by atoms with Crippen LogP contribution in [0.4, 0.5) is 5.13 Å². The van der Waals surface area contributed by atoms with Crippen LogP contribution >= 0.6 is 11.3 Å². The molecule has 1 aliphatic heterocycles. The van der Waals surface area contributed by atoms with Crippen molar-refractivity contribution in [2.24, 2.45) is 0 Å². The van der Waals surface area contributed by atoms with Crippen LogP contribution in [0.1, 0.15) is 15.9 Å². The summed E-state index contributed by atoms with van der Waals surface area (Å²) in [4.78, 5) is 17.2. The molecule has 32 heavy (non-hydrogen) atoms. The standard InChI is InChI=1S/C25H20N2O4S/c28-24(18-6-9-20(10-7-18)31-15-17-4-2-1-3-5-17)27-25-26-21(16-32-25)19-8-11-22-23(14-19)30-13-12-29-22/h1-11,14,16H,12-13,15H2,(H,26,27,28). The number of anilines is 1. The van der Waals surface area contributed by atoms with Crippen LogP contribution in [-0.2, 0) is 6.61 Å². The SMILES string of the molecule is O=C(Nc1nc(-c2ccc3c(c2)OCCO3)cs1)c1ccc(OCc2ccccc2)cc1. The van der Waals surface area contributed by atoms with E-state index in [-0.39, 0.29) is 5.91 Å². The minimum absolute atomic E-state index is 0.220. The highest BCUT2D eigenvalue weighted by Crippen LogP contribution is 2.35. The van der Waals surface area contributed by atoms with E-state index in [1.165, 1.54) is 11.3 Å². The highest BCUT2D eigenvalue weighted by atomic mass is 32.1. The number of thiazole rings is 1. The Bertz CT molecular complexity index is 1220. The highest BCUT2D eigenvalue weighted by Gasteiger charge is 2.15. The lowest BCUT2D eigenvalue weighted by atomic mass is 10.1. The van der Waals surface area contributed by atoms with Crippen molar-refractivity contribution < 1.29 is 19.0 Å². The Morgan fingerprint density at radius 2 is 1.75 bits per heavy atom. The van der Waals surface area contributed by atoms with Gasteiger partial charge in [-0.3, -0.25) is 10.1 Å². The molecule has 0 aliphatic carbocycles. The second kappa shape index (κ2) is 9.11. The van der Waals surface area contributed by atoms with Gasteiger partial charge in [0.2, 0.25) is 0 Å². The quantitative estimate of drug-likeness (QED) is 0.430. The molecule has 160 valence electrons. The number of carbonyl (C=O) groups excluding carboxylic acids is 1. The number of benzene rings is 3. The normalized spacial score (nSPS) is 12.2. The molecule has 1 amide bonds. The van der Waals surface area contributed by atoms with Gasteiger partial charge in [-0.2, -0.15) is 0 Å². The van der Waals surface area contributed by atoms with Gasteiger partial charge in [-0.1, -0.05) is 30.3 Å². The molecule has 5 rings (SSSR count). The summed E-state index contributed by atoms with van der Waals surface area (Å²) in [5, 5.41) is 5.30. The fraction of sp³-hybridized carbons (Fsp3) is 0.120. The van der Waals surface area contributed by atoms with E-state index in [1.54, 1.807) is 24.3 Å². The predicted octanol–water partition coefficient (Wildman–Crippen LogP) is 5.41. The average molecular weight is 445 g/mol. The Morgan fingerprint density at radius 1 is 0.969 bits per heavy atom. The number of nitrogens with zero attached hydrogens (tertiary/aromatic N) is 1. The van der Waals surface area contributed by atoms with Crippen molar-refractivity contribution in [1.29, 1.82) is 0 Å². The number of ether oxygens (including phenoxy) is 3. The van der Waals surface area contributed by atoms with Crippen molar-refractivity contribution in [2.45, 2.75) is 6.61 Å². The molecule has 0 bridgehead atoms. The van der Waals surface area contributed by atoms with Crippen molar-refractivity contribution in [1.82, 2.24) is 4.98 Å². The number of carbonyl (C=O) groups is 1. The summed E-state index contributed by atoms with van der Waals surface area (Å²) in [5.74, 6) is 1.94. The molecule has 1 N–H and O–H groups in total. The Kier molecular flexibility index (Phi) is 5.72. The molecule has 0 radical (unpaired) electrons. The second-order valence-electron chi connectivity index (χ2n) is 7.15. The summed E-state index contributed by atoms with van der Waals surface area (Å²) in [6.45, 7) is 1.57. The van der Waals surface area contributed by atoms with Gasteiger partial charge in [-0.25, -0.2) is 4.98 Å². The largest absolute Gasteiger partial charge is 0.489 e. The third-order valence-corrected chi connectivity index (χ3v) is 5.69. The van der Waals surface area contributed by atoms with Crippen molar-refractivity contribution >= 4 is 22.4 Å². The number of hydrogen-bond donors (Lipinski definition) is 1. The zero-order valence-corrected chi connectivity index (χ0v) is 17.9. The number of rotatable bonds is 6. The zero-order chi connectivity index (χ0) is 21.8. The van der Waals surface area contributed by atoms with Crippen LogP contribution in [0.5, 0.6) is 17.2 Å². The minimum Gasteiger partial charge on any atom is -0.489 e. The van der Waals surface area contributed by atoms with Crippen molar-refractivity contribution in [3.63, 3.8) is 0 Å². The summed E-state index contributed by atoms with van der Waals surface area (Å²) in [6.07, 6.45) is 0. The third kappa shape index (κ3) is 4.58. The zero-order valence-electron chi connectivity index (χ0n) is 17.1. The van der Waals surface area contributed by atoms with E-state index in [4.69, 9.17) is 14.2 Å². The van der Waals surface area contributed by atoms with Crippen LogP contribution in [0.2, 0.25) is 0 Å². The molecule has 3 aromatic carbocycles. The average Bonchev–Trinajstić information content (AvgIpc) is 3.32. The maximum absolute atomic E-state index is 12.6. The van der Waals surface area contributed by atoms with Gasteiger partial charge in [0.05, 0.1) is 5.69 Å². The van der Waals surface area contributed by atoms with E-state index in [1.807, 2.05) is 53.9 Å². The fourth-order valence-corrected chi connectivity index (χ4v) is 3.99. The molecule has 1 aliphatic rings. The summed E-state index contributed by atoms with van der Waals surface area (Å²) in [5.41, 5.74) is 3.30. The van der Waals surface area contributed by atoms with E-state index in [0.717, 1.165) is 22.6 Å². The lowest BCUT2D eigenvalue weighted by Gasteiger charge is -2.18. The van der Waals surface area contributed by atoms with Gasteiger partial charge >= 0.3 is 0 Å². The van der Waals surface area contributed by atoms with Crippen LogP contribution in [0.15, 0.2) is 78.2 Å². The second-order valence-corrected chi connectivity index (χ2v) is 8.01. The maximum Gasteiger partial charge on any atom is 0.257 e. The van der Waals surface area contributed by atoms with E-state index in [0.29, 0.717) is 42.0 Å². The van der Waals surface area contributed by atoms with E-state index in [9.17, 15) is 4.79 Å². The Morgan fingerprint density at radius 3 is 2.56 bits per heavy atom. The van der Waals surface area contributed by atoms with Gasteiger partial charge in [0.1, 0.15) is 25.6 Å². The monoisotopic (exact) mass is 444 g/mol. The summed E-state index contributed by atoms with van der Waals surface area (Å²) in [7, 11) is 0. The van der Waals surface area contributed by atoms with Crippen LogP contribution in [0.25, 0.3) is 11.3 Å². The highest BCUT2D eigenvalue weighted by molar-refractivity contribution is 7.14. The smallest absolute Gasteiger partial charge is 0.257 e. The Hall–Kier alpha value is -3.84. The lowest BCUT2D eigenvalue weighted by molar-refractivity contribution is 0.102. The molecule has 2 heterocycles. The first kappa shape index (κ1) is 20.1. The first-order chi connectivity index (χ1) is 15.7. The number of hydrogen-bond acceptors (Lipinski definition) is 6. The summed E-state index contributed by atoms with van der Waals surface area (Å²) >= 11 is 1.37. The van der Waals surface area contributed by atoms with Crippen molar-refractivity contribution in [3.8, 4) is 28.5 Å². The molecular formula is C25H20N2O4S. The van der Waals surface area contributed by atoms with Crippen LogP contribution < -0.4 is 19.5 Å². The molecular weight excluding hydrogens is 424 g/mol. The molecule has 0 saturated heterocycles. The van der Waals surface area contributed by atoms with E-state index in [2.05, 4.69) is 10.3 Å². The molecule has 0 unspecified atom stereocenters. The van der Waals surface area contributed by atoms with Gasteiger partial charge in [0.15, 0.2) is 16.6 Å². The Balaban J connectivity index is 1.21. The van der Waals surface area contributed by atoms with Crippen LogP contribution in [0.3, 0.4) is 0 Å².